The van der Waals surface area contributed by atoms with Crippen molar-refractivity contribution in [3.05, 3.63) is 41.1 Å². The number of nitrogens with zero attached hydrogens (tertiary/aromatic N) is 4. The average Bonchev–Trinajstić information content (AvgIpc) is 3.67. The van der Waals surface area contributed by atoms with Crippen LogP contribution in [0.4, 0.5) is 24.9 Å². The zero-order valence-electron chi connectivity index (χ0n) is 23.3. The van der Waals surface area contributed by atoms with E-state index in [-0.39, 0.29) is 29.6 Å². The second-order valence-corrected chi connectivity index (χ2v) is 11.8. The van der Waals surface area contributed by atoms with Gasteiger partial charge in [0.2, 0.25) is 11.9 Å². The van der Waals surface area contributed by atoms with Crippen LogP contribution in [-0.4, -0.2) is 71.0 Å². The van der Waals surface area contributed by atoms with E-state index in [0.29, 0.717) is 49.2 Å². The van der Waals surface area contributed by atoms with E-state index in [1.807, 2.05) is 0 Å². The SMILES string of the molecule is NC(=O)c1cc(N[C@H]2CCNC2=O)nc(N2[C@@H]3CC[C@H]2CC(COc2ccc(C(F)(F)F)cc2CN2CCCC2)C3)n1. The van der Waals surface area contributed by atoms with Crippen molar-refractivity contribution in [1.82, 2.24) is 20.2 Å². The topological polar surface area (TPSA) is 126 Å². The lowest BCUT2D eigenvalue weighted by Gasteiger charge is -2.39. The Balaban J connectivity index is 1.15. The Kier molecular flexibility index (Phi) is 7.86. The molecular weight excluding hydrogens is 551 g/mol. The Morgan fingerprint density at radius 2 is 1.83 bits per heavy atom. The van der Waals surface area contributed by atoms with Gasteiger partial charge in [0, 0.05) is 36.8 Å². The first-order chi connectivity index (χ1) is 20.1. The minimum atomic E-state index is -4.41. The fourth-order valence-electron chi connectivity index (χ4n) is 6.82. The molecule has 0 aliphatic carbocycles. The summed E-state index contributed by atoms with van der Waals surface area (Å²) in [5.74, 6) is 0.722. The van der Waals surface area contributed by atoms with Gasteiger partial charge in [-0.25, -0.2) is 4.98 Å². The highest BCUT2D eigenvalue weighted by Crippen LogP contribution is 2.41. The molecule has 2 aromatic rings. The second-order valence-electron chi connectivity index (χ2n) is 11.8. The maximum absolute atomic E-state index is 13.5. The zero-order valence-corrected chi connectivity index (χ0v) is 23.3. The molecule has 10 nitrogen and oxygen atoms in total. The standard InChI is InChI=1S/C29H36F3N7O3/c30-29(31,32)19-3-6-24(18(13-19)15-38-9-1-2-10-38)42-16-17-11-20-4-5-21(12-17)39(20)28-36-23(26(33)40)14-25(37-28)35-22-7-8-34-27(22)41/h3,6,13-14,17,20-22H,1-2,4-5,7-12,15-16H2,(H2,33,40)(H,34,41)(H,35,36,37)/t17?,20-,21+,22-/m0/s1. The summed E-state index contributed by atoms with van der Waals surface area (Å²) in [6, 6.07) is 5.07. The number of fused-ring (bicyclic) bond motifs is 2. The first-order valence-corrected chi connectivity index (χ1v) is 14.7. The van der Waals surface area contributed by atoms with Gasteiger partial charge in [0.15, 0.2) is 0 Å². The number of rotatable bonds is 9. The first kappa shape index (κ1) is 28.5. The highest BCUT2D eigenvalue weighted by Gasteiger charge is 2.43. The summed E-state index contributed by atoms with van der Waals surface area (Å²) in [5, 5.41) is 5.89. The summed E-state index contributed by atoms with van der Waals surface area (Å²) >= 11 is 0. The molecular formula is C29H36F3N7O3. The molecule has 6 rings (SSSR count). The quantitative estimate of drug-likeness (QED) is 0.408. The molecule has 2 amide bonds. The van der Waals surface area contributed by atoms with Crippen LogP contribution in [0.15, 0.2) is 24.3 Å². The van der Waals surface area contributed by atoms with Gasteiger partial charge in [-0.05, 0) is 82.2 Å². The molecule has 4 atom stereocenters. The molecule has 13 heteroatoms. The fourth-order valence-corrected chi connectivity index (χ4v) is 6.82. The molecule has 4 aliphatic heterocycles. The Morgan fingerprint density at radius 3 is 2.48 bits per heavy atom. The monoisotopic (exact) mass is 587 g/mol. The Labute approximate surface area is 242 Å². The molecule has 1 aromatic heterocycles. The first-order valence-electron chi connectivity index (χ1n) is 14.7. The average molecular weight is 588 g/mol. The van der Waals surface area contributed by atoms with Crippen molar-refractivity contribution in [2.75, 3.05) is 36.5 Å². The van der Waals surface area contributed by atoms with E-state index in [2.05, 4.69) is 30.4 Å². The number of likely N-dealkylation sites (tertiary alicyclic amines) is 1. The normalized spacial score (nSPS) is 26.0. The molecule has 4 aliphatic rings. The van der Waals surface area contributed by atoms with Crippen LogP contribution < -0.4 is 26.0 Å². The maximum atomic E-state index is 13.5. The molecule has 4 fully saturated rings. The number of nitrogens with two attached hydrogens (primary N) is 1. The third-order valence-electron chi connectivity index (χ3n) is 8.85. The van der Waals surface area contributed by atoms with Gasteiger partial charge in [0.25, 0.3) is 5.91 Å². The molecule has 4 N–H and O–H groups in total. The van der Waals surface area contributed by atoms with E-state index in [0.717, 1.165) is 57.7 Å². The van der Waals surface area contributed by atoms with E-state index >= 15 is 0 Å². The van der Waals surface area contributed by atoms with Crippen molar-refractivity contribution >= 4 is 23.6 Å². The minimum absolute atomic E-state index is 0.0820. The number of carbonyl (C=O) groups is 2. The summed E-state index contributed by atoms with van der Waals surface area (Å²) < 4.78 is 46.6. The second kappa shape index (κ2) is 11.6. The lowest BCUT2D eigenvalue weighted by Crippen LogP contribution is -2.45. The van der Waals surface area contributed by atoms with E-state index < -0.39 is 23.7 Å². The van der Waals surface area contributed by atoms with Crippen molar-refractivity contribution in [3.8, 4) is 5.75 Å². The van der Waals surface area contributed by atoms with Gasteiger partial charge >= 0.3 is 6.18 Å². The van der Waals surface area contributed by atoms with Crippen molar-refractivity contribution < 1.29 is 27.5 Å². The largest absolute Gasteiger partial charge is 0.493 e. The predicted octanol–water partition coefficient (Wildman–Crippen LogP) is 3.32. The van der Waals surface area contributed by atoms with Gasteiger partial charge in [-0.15, -0.1) is 0 Å². The predicted molar refractivity (Wildman–Crippen MR) is 149 cm³/mol. The number of ether oxygens (including phenoxy) is 1. The molecule has 42 heavy (non-hydrogen) atoms. The van der Waals surface area contributed by atoms with Crippen molar-refractivity contribution in [2.24, 2.45) is 11.7 Å². The number of anilines is 2. The Morgan fingerprint density at radius 1 is 1.10 bits per heavy atom. The summed E-state index contributed by atoms with van der Waals surface area (Å²) in [5.41, 5.74) is 5.57. The van der Waals surface area contributed by atoms with Crippen LogP contribution in [0.5, 0.6) is 5.75 Å². The van der Waals surface area contributed by atoms with Crippen molar-refractivity contribution in [2.45, 2.75) is 75.8 Å². The summed E-state index contributed by atoms with van der Waals surface area (Å²) in [7, 11) is 0. The van der Waals surface area contributed by atoms with E-state index in [1.165, 1.54) is 18.2 Å². The third-order valence-corrected chi connectivity index (χ3v) is 8.85. The lowest BCUT2D eigenvalue weighted by atomic mass is 9.91. The maximum Gasteiger partial charge on any atom is 0.416 e. The van der Waals surface area contributed by atoms with Gasteiger partial charge in [0.1, 0.15) is 23.3 Å². The summed E-state index contributed by atoms with van der Waals surface area (Å²) in [6.07, 6.45) is 1.77. The zero-order chi connectivity index (χ0) is 29.4. The van der Waals surface area contributed by atoms with Crippen molar-refractivity contribution in [1.29, 1.82) is 0 Å². The van der Waals surface area contributed by atoms with Crippen LogP contribution in [0.1, 0.15) is 66.6 Å². The highest BCUT2D eigenvalue weighted by atomic mass is 19.4. The number of alkyl halides is 3. The minimum Gasteiger partial charge on any atom is -0.493 e. The number of primary amides is 1. The number of piperidine rings is 1. The van der Waals surface area contributed by atoms with E-state index in [4.69, 9.17) is 10.5 Å². The summed E-state index contributed by atoms with van der Waals surface area (Å²) in [6.45, 7) is 3.17. The third kappa shape index (κ3) is 6.11. The number of hydrogen-bond donors (Lipinski definition) is 3. The molecule has 1 unspecified atom stereocenters. The molecule has 4 saturated heterocycles. The van der Waals surface area contributed by atoms with Gasteiger partial charge in [0.05, 0.1) is 12.2 Å². The number of halogens is 3. The smallest absolute Gasteiger partial charge is 0.416 e. The molecule has 0 saturated carbocycles. The Bertz CT molecular complexity index is 1320. The molecule has 5 heterocycles. The molecule has 1 aromatic carbocycles. The van der Waals surface area contributed by atoms with Crippen LogP contribution in [0, 0.1) is 5.92 Å². The van der Waals surface area contributed by atoms with Crippen LogP contribution in [0.25, 0.3) is 0 Å². The fraction of sp³-hybridized carbons (Fsp3) is 0.586. The molecule has 2 bridgehead atoms. The van der Waals surface area contributed by atoms with Gasteiger partial charge in [-0.1, -0.05) is 0 Å². The van der Waals surface area contributed by atoms with E-state index in [9.17, 15) is 22.8 Å². The summed E-state index contributed by atoms with van der Waals surface area (Å²) in [4.78, 5) is 37.6. The molecule has 226 valence electrons. The number of amides is 2. The molecule has 0 radical (unpaired) electrons. The highest BCUT2D eigenvalue weighted by molar-refractivity contribution is 5.92. The van der Waals surface area contributed by atoms with Crippen LogP contribution in [-0.2, 0) is 17.5 Å². The Hall–Kier alpha value is -3.61. The van der Waals surface area contributed by atoms with E-state index in [1.54, 1.807) is 0 Å². The van der Waals surface area contributed by atoms with Gasteiger partial charge in [-0.3, -0.25) is 14.5 Å². The number of carbonyl (C=O) groups excluding carboxylic acids is 2. The number of nitrogens with one attached hydrogen (secondary N) is 2. The number of benzene rings is 1. The van der Waals surface area contributed by atoms with Crippen LogP contribution in [0.3, 0.4) is 0 Å². The number of aromatic nitrogens is 2. The molecule has 0 spiro atoms. The van der Waals surface area contributed by atoms with Crippen LogP contribution >= 0.6 is 0 Å². The lowest BCUT2D eigenvalue weighted by molar-refractivity contribution is -0.137. The van der Waals surface area contributed by atoms with Gasteiger partial charge < -0.3 is 26.0 Å². The van der Waals surface area contributed by atoms with Gasteiger partial charge in [-0.2, -0.15) is 18.2 Å². The van der Waals surface area contributed by atoms with Crippen LogP contribution in [0.2, 0.25) is 0 Å². The number of hydrogen-bond acceptors (Lipinski definition) is 8. The van der Waals surface area contributed by atoms with Crippen molar-refractivity contribution in [3.63, 3.8) is 0 Å².